The first-order valence-electron chi connectivity index (χ1n) is 11.4. The second-order valence-electron chi connectivity index (χ2n) is 8.68. The Morgan fingerprint density at radius 3 is 2.50 bits per heavy atom. The van der Waals surface area contributed by atoms with E-state index in [2.05, 4.69) is 41.0 Å². The van der Waals surface area contributed by atoms with Crippen molar-refractivity contribution in [2.75, 3.05) is 31.6 Å². The topological polar surface area (TPSA) is 50.7 Å². The minimum Gasteiger partial charge on any atom is -0.497 e. The van der Waals surface area contributed by atoms with Crippen LogP contribution < -0.4 is 14.4 Å². The van der Waals surface area contributed by atoms with Gasteiger partial charge in [-0.3, -0.25) is 4.90 Å². The molecule has 1 fully saturated rings. The van der Waals surface area contributed by atoms with Crippen molar-refractivity contribution in [1.82, 2.24) is 14.9 Å². The normalized spacial score (nSPS) is 16.1. The van der Waals surface area contributed by atoms with Gasteiger partial charge >= 0.3 is 0 Å². The molecule has 3 aromatic rings. The molecule has 32 heavy (non-hydrogen) atoms. The number of hydrogen-bond acceptors (Lipinski definition) is 6. The molecule has 5 rings (SSSR count). The van der Waals surface area contributed by atoms with Crippen molar-refractivity contribution in [1.29, 1.82) is 0 Å². The van der Waals surface area contributed by atoms with Gasteiger partial charge in [-0.1, -0.05) is 35.9 Å². The Bertz CT molecular complexity index is 1080. The van der Waals surface area contributed by atoms with E-state index in [9.17, 15) is 0 Å². The van der Waals surface area contributed by atoms with Crippen LogP contribution in [0.25, 0.3) is 0 Å². The Morgan fingerprint density at radius 2 is 1.72 bits per heavy atom. The second-order valence-corrected chi connectivity index (χ2v) is 8.68. The molecule has 6 heteroatoms. The van der Waals surface area contributed by atoms with E-state index in [1.54, 1.807) is 7.11 Å². The number of aryl methyl sites for hydroxylation is 1. The van der Waals surface area contributed by atoms with E-state index >= 15 is 0 Å². The molecule has 1 saturated heterocycles. The van der Waals surface area contributed by atoms with Gasteiger partial charge in [0.1, 0.15) is 11.5 Å². The molecule has 0 unspecified atom stereocenters. The lowest BCUT2D eigenvalue weighted by Crippen LogP contribution is -2.32. The minimum atomic E-state index is 0.666. The van der Waals surface area contributed by atoms with E-state index in [1.807, 2.05) is 24.3 Å². The lowest BCUT2D eigenvalue weighted by molar-refractivity contribution is 0.238. The molecule has 0 N–H and O–H groups in total. The maximum absolute atomic E-state index is 6.35. The first kappa shape index (κ1) is 20.8. The van der Waals surface area contributed by atoms with E-state index in [-0.39, 0.29) is 0 Å². The van der Waals surface area contributed by atoms with Crippen LogP contribution in [-0.4, -0.2) is 41.6 Å². The van der Waals surface area contributed by atoms with Gasteiger partial charge in [-0.25, -0.2) is 4.98 Å². The van der Waals surface area contributed by atoms with Gasteiger partial charge in [0.25, 0.3) is 0 Å². The van der Waals surface area contributed by atoms with Crippen molar-refractivity contribution < 1.29 is 9.47 Å². The molecule has 0 aliphatic carbocycles. The molecule has 0 spiro atoms. The van der Waals surface area contributed by atoms with E-state index in [1.165, 1.54) is 24.0 Å². The molecule has 0 bridgehead atoms. The summed E-state index contributed by atoms with van der Waals surface area (Å²) in [7, 11) is 1.67. The van der Waals surface area contributed by atoms with Crippen LogP contribution in [0.4, 0.5) is 5.95 Å². The maximum Gasteiger partial charge on any atom is 0.228 e. The van der Waals surface area contributed by atoms with Gasteiger partial charge in [-0.05, 0) is 37.5 Å². The quantitative estimate of drug-likeness (QED) is 0.563. The number of hydrogen-bond donors (Lipinski definition) is 0. The molecule has 1 aromatic heterocycles. The van der Waals surface area contributed by atoms with Gasteiger partial charge in [0.05, 0.1) is 18.4 Å². The van der Waals surface area contributed by atoms with Gasteiger partial charge in [0.15, 0.2) is 0 Å². The standard InChI is InChI=1S/C26H30N4O2/c1-19-8-10-20(11-9-19)17-29-15-12-24-23(18-29)25(28-26(27-24)30-13-3-4-14-30)32-22-7-5-6-21(16-22)31-2/h5-11,16H,3-4,12-15,17-18H2,1-2H3. The zero-order chi connectivity index (χ0) is 21.9. The summed E-state index contributed by atoms with van der Waals surface area (Å²) in [5.41, 5.74) is 4.81. The smallest absolute Gasteiger partial charge is 0.228 e. The van der Waals surface area contributed by atoms with E-state index < -0.39 is 0 Å². The average Bonchev–Trinajstić information content (AvgIpc) is 3.36. The van der Waals surface area contributed by atoms with Crippen LogP contribution in [-0.2, 0) is 19.5 Å². The minimum absolute atomic E-state index is 0.666. The van der Waals surface area contributed by atoms with Crippen LogP contribution in [0, 0.1) is 6.92 Å². The molecular formula is C26H30N4O2. The summed E-state index contributed by atoms with van der Waals surface area (Å²) in [4.78, 5) is 14.6. The van der Waals surface area contributed by atoms with Crippen LogP contribution in [0.2, 0.25) is 0 Å². The van der Waals surface area contributed by atoms with Crippen LogP contribution >= 0.6 is 0 Å². The zero-order valence-corrected chi connectivity index (χ0v) is 18.9. The maximum atomic E-state index is 6.35. The van der Waals surface area contributed by atoms with E-state index in [0.717, 1.165) is 67.8 Å². The van der Waals surface area contributed by atoms with Gasteiger partial charge in [-0.15, -0.1) is 0 Å². The molecule has 0 atom stereocenters. The fraction of sp³-hybridized carbons (Fsp3) is 0.385. The average molecular weight is 431 g/mol. The molecule has 2 aromatic carbocycles. The van der Waals surface area contributed by atoms with E-state index in [4.69, 9.17) is 19.4 Å². The molecule has 0 saturated carbocycles. The highest BCUT2D eigenvalue weighted by Gasteiger charge is 2.26. The summed E-state index contributed by atoms with van der Waals surface area (Å²) in [5, 5.41) is 0. The van der Waals surface area contributed by atoms with E-state index in [0.29, 0.717) is 5.88 Å². The zero-order valence-electron chi connectivity index (χ0n) is 18.9. The third kappa shape index (κ3) is 4.55. The molecular weight excluding hydrogens is 400 g/mol. The van der Waals surface area contributed by atoms with Crippen LogP contribution in [0.3, 0.4) is 0 Å². The molecule has 0 radical (unpaired) electrons. The highest BCUT2D eigenvalue weighted by molar-refractivity contribution is 5.45. The summed E-state index contributed by atoms with van der Waals surface area (Å²) in [6, 6.07) is 16.5. The lowest BCUT2D eigenvalue weighted by Gasteiger charge is -2.30. The number of anilines is 1. The van der Waals surface area contributed by atoms with Gasteiger partial charge < -0.3 is 14.4 Å². The predicted molar refractivity (Wildman–Crippen MR) is 126 cm³/mol. The predicted octanol–water partition coefficient (Wildman–Crippen LogP) is 4.74. The summed E-state index contributed by atoms with van der Waals surface area (Å²) in [6.45, 7) is 6.82. The number of methoxy groups -OCH3 is 1. The molecule has 6 nitrogen and oxygen atoms in total. The Labute approximate surface area is 189 Å². The van der Waals surface area contributed by atoms with Crippen LogP contribution in [0.15, 0.2) is 48.5 Å². The van der Waals surface area contributed by atoms with Crippen molar-refractivity contribution in [3.05, 3.63) is 70.9 Å². The summed E-state index contributed by atoms with van der Waals surface area (Å²) >= 11 is 0. The molecule has 3 heterocycles. The summed E-state index contributed by atoms with van der Waals surface area (Å²) in [5.74, 6) is 2.96. The second kappa shape index (κ2) is 9.17. The first-order valence-corrected chi connectivity index (χ1v) is 11.4. The van der Waals surface area contributed by atoms with Crippen molar-refractivity contribution in [2.24, 2.45) is 0 Å². The highest BCUT2D eigenvalue weighted by atomic mass is 16.5. The fourth-order valence-electron chi connectivity index (χ4n) is 4.43. The number of nitrogens with zero attached hydrogens (tertiary/aromatic N) is 4. The SMILES string of the molecule is COc1cccc(Oc2nc(N3CCCC3)nc3c2CN(Cc2ccc(C)cc2)CC3)c1. The van der Waals surface area contributed by atoms with Crippen LogP contribution in [0.1, 0.15) is 35.2 Å². The fourth-order valence-corrected chi connectivity index (χ4v) is 4.43. The third-order valence-corrected chi connectivity index (χ3v) is 6.26. The molecule has 2 aliphatic heterocycles. The first-order chi connectivity index (χ1) is 15.7. The summed E-state index contributed by atoms with van der Waals surface area (Å²) in [6.07, 6.45) is 3.28. The lowest BCUT2D eigenvalue weighted by atomic mass is 10.1. The number of aromatic nitrogens is 2. The molecule has 166 valence electrons. The van der Waals surface area contributed by atoms with Gasteiger partial charge in [0.2, 0.25) is 11.8 Å². The highest BCUT2D eigenvalue weighted by Crippen LogP contribution is 2.33. The Kier molecular flexibility index (Phi) is 5.95. The number of fused-ring (bicyclic) bond motifs is 1. The van der Waals surface area contributed by atoms with Crippen molar-refractivity contribution >= 4 is 5.95 Å². The Balaban J connectivity index is 1.44. The van der Waals surface area contributed by atoms with Gasteiger partial charge in [-0.2, -0.15) is 4.98 Å². The number of rotatable bonds is 6. The van der Waals surface area contributed by atoms with Gasteiger partial charge in [0, 0.05) is 45.2 Å². The van der Waals surface area contributed by atoms with Crippen molar-refractivity contribution in [2.45, 2.75) is 39.3 Å². The Morgan fingerprint density at radius 1 is 0.938 bits per heavy atom. The third-order valence-electron chi connectivity index (χ3n) is 6.26. The van der Waals surface area contributed by atoms with Crippen molar-refractivity contribution in [3.63, 3.8) is 0 Å². The number of ether oxygens (including phenoxy) is 2. The Hall–Kier alpha value is -3.12. The number of benzene rings is 2. The molecule has 2 aliphatic rings. The van der Waals surface area contributed by atoms with Crippen molar-refractivity contribution in [3.8, 4) is 17.4 Å². The van der Waals surface area contributed by atoms with Crippen LogP contribution in [0.5, 0.6) is 17.4 Å². The molecule has 0 amide bonds. The summed E-state index contributed by atoms with van der Waals surface area (Å²) < 4.78 is 11.7. The monoisotopic (exact) mass is 430 g/mol. The largest absolute Gasteiger partial charge is 0.497 e.